The first-order valence-electron chi connectivity index (χ1n) is 11.6. The van der Waals surface area contributed by atoms with Crippen molar-refractivity contribution in [3.05, 3.63) is 102 Å². The Balaban J connectivity index is 1.33. The summed E-state index contributed by atoms with van der Waals surface area (Å²) in [4.78, 5) is 7.42. The van der Waals surface area contributed by atoms with Gasteiger partial charge in [-0.1, -0.05) is 78.0 Å². The van der Waals surface area contributed by atoms with E-state index < -0.39 is 0 Å². The monoisotopic (exact) mass is 439 g/mol. The van der Waals surface area contributed by atoms with E-state index in [0.717, 1.165) is 56.1 Å². The highest BCUT2D eigenvalue weighted by Crippen LogP contribution is 2.41. The second-order valence-corrected chi connectivity index (χ2v) is 8.68. The lowest BCUT2D eigenvalue weighted by molar-refractivity contribution is 0.156. The van der Waals surface area contributed by atoms with Crippen LogP contribution in [0.15, 0.2) is 89.5 Å². The zero-order valence-corrected chi connectivity index (χ0v) is 19.0. The smallest absolute Gasteiger partial charge is 0.237 e. The topological polar surface area (TPSA) is 51.4 Å². The molecule has 0 atom stereocenters. The summed E-state index contributed by atoms with van der Waals surface area (Å²) >= 11 is 0. The Kier molecular flexibility index (Phi) is 6.22. The molecular weight excluding hydrogens is 410 g/mol. The number of likely N-dealkylation sites (tertiary alicyclic amines) is 1. The summed E-state index contributed by atoms with van der Waals surface area (Å²) < 4.78 is 11.2. The third kappa shape index (κ3) is 4.55. The maximum absolute atomic E-state index is 5.91. The fourth-order valence-corrected chi connectivity index (χ4v) is 4.74. The molecule has 1 saturated heterocycles. The molecule has 168 valence electrons. The Hall–Kier alpha value is -3.44. The van der Waals surface area contributed by atoms with E-state index in [2.05, 4.69) is 52.5 Å². The number of nitrogens with zero attached hydrogens (tertiary/aromatic N) is 3. The molecule has 5 heteroatoms. The van der Waals surface area contributed by atoms with Gasteiger partial charge in [-0.3, -0.25) is 0 Å². The SMILES string of the molecule is COc1ccc(CCN2CCC(c3ccccc3)(c3nc(-c4ccccc4)no3)CC2)cc1. The molecule has 1 aliphatic heterocycles. The van der Waals surface area contributed by atoms with Gasteiger partial charge in [-0.05, 0) is 55.6 Å². The normalized spacial score (nSPS) is 15.9. The highest BCUT2D eigenvalue weighted by atomic mass is 16.5. The number of aromatic nitrogens is 2. The summed E-state index contributed by atoms with van der Waals surface area (Å²) in [6.07, 6.45) is 2.94. The fraction of sp³-hybridized carbons (Fsp3) is 0.286. The van der Waals surface area contributed by atoms with Crippen LogP contribution in [0.4, 0.5) is 0 Å². The van der Waals surface area contributed by atoms with Crippen molar-refractivity contribution in [2.24, 2.45) is 0 Å². The molecule has 0 bridgehead atoms. The molecule has 5 nitrogen and oxygen atoms in total. The molecule has 0 N–H and O–H groups in total. The number of benzene rings is 3. The molecule has 0 spiro atoms. The van der Waals surface area contributed by atoms with Crippen LogP contribution in [0.25, 0.3) is 11.4 Å². The van der Waals surface area contributed by atoms with Crippen LogP contribution >= 0.6 is 0 Å². The lowest BCUT2D eigenvalue weighted by atomic mass is 9.72. The maximum Gasteiger partial charge on any atom is 0.237 e. The molecule has 33 heavy (non-hydrogen) atoms. The van der Waals surface area contributed by atoms with Crippen LogP contribution in [0.2, 0.25) is 0 Å². The van der Waals surface area contributed by atoms with E-state index in [1.54, 1.807) is 7.11 Å². The first-order valence-corrected chi connectivity index (χ1v) is 11.6. The molecule has 5 rings (SSSR count). The van der Waals surface area contributed by atoms with Crippen LogP contribution in [-0.4, -0.2) is 41.8 Å². The predicted octanol–water partition coefficient (Wildman–Crippen LogP) is 5.37. The van der Waals surface area contributed by atoms with Crippen LogP contribution in [0, 0.1) is 0 Å². The van der Waals surface area contributed by atoms with Gasteiger partial charge in [0.05, 0.1) is 12.5 Å². The zero-order valence-electron chi connectivity index (χ0n) is 19.0. The van der Waals surface area contributed by atoms with Gasteiger partial charge in [0.2, 0.25) is 11.7 Å². The highest BCUT2D eigenvalue weighted by molar-refractivity contribution is 5.54. The Morgan fingerprint density at radius 1 is 0.879 bits per heavy atom. The van der Waals surface area contributed by atoms with Gasteiger partial charge < -0.3 is 14.2 Å². The Morgan fingerprint density at radius 2 is 1.55 bits per heavy atom. The molecule has 0 unspecified atom stereocenters. The number of hydrogen-bond donors (Lipinski definition) is 0. The van der Waals surface area contributed by atoms with E-state index in [0.29, 0.717) is 5.82 Å². The van der Waals surface area contributed by atoms with Crippen LogP contribution in [0.1, 0.15) is 29.9 Å². The minimum Gasteiger partial charge on any atom is -0.497 e. The van der Waals surface area contributed by atoms with Gasteiger partial charge in [0.15, 0.2) is 0 Å². The number of methoxy groups -OCH3 is 1. The molecule has 0 saturated carbocycles. The van der Waals surface area contributed by atoms with Crippen molar-refractivity contribution < 1.29 is 9.26 Å². The number of hydrogen-bond acceptors (Lipinski definition) is 5. The van der Waals surface area contributed by atoms with Crippen molar-refractivity contribution in [1.82, 2.24) is 15.0 Å². The Labute approximate surface area is 195 Å². The van der Waals surface area contributed by atoms with Crippen molar-refractivity contribution in [1.29, 1.82) is 0 Å². The summed E-state index contributed by atoms with van der Waals surface area (Å²) in [5, 5.41) is 4.33. The van der Waals surface area contributed by atoms with Gasteiger partial charge in [-0.2, -0.15) is 4.98 Å². The van der Waals surface area contributed by atoms with Gasteiger partial charge in [0.1, 0.15) is 5.75 Å². The number of ether oxygens (including phenoxy) is 1. The molecule has 0 amide bonds. The fourth-order valence-electron chi connectivity index (χ4n) is 4.74. The molecule has 4 aromatic rings. The largest absolute Gasteiger partial charge is 0.497 e. The Morgan fingerprint density at radius 3 is 2.21 bits per heavy atom. The third-order valence-corrected chi connectivity index (χ3v) is 6.78. The quantitative estimate of drug-likeness (QED) is 0.387. The standard InChI is InChI=1S/C28H29N3O2/c1-32-25-14-12-22(13-15-25)16-19-31-20-17-28(18-21-31,24-10-6-3-7-11-24)27-29-26(30-33-27)23-8-4-2-5-9-23/h2-15H,16-21H2,1H3. The summed E-state index contributed by atoms with van der Waals surface area (Å²) in [6.45, 7) is 3.03. The summed E-state index contributed by atoms with van der Waals surface area (Å²) in [6, 6.07) is 29.1. The van der Waals surface area contributed by atoms with E-state index in [1.165, 1.54) is 11.1 Å². The van der Waals surface area contributed by atoms with Gasteiger partial charge in [-0.25, -0.2) is 0 Å². The first-order chi connectivity index (χ1) is 16.3. The summed E-state index contributed by atoms with van der Waals surface area (Å²) in [7, 11) is 1.70. The lowest BCUT2D eigenvalue weighted by Crippen LogP contribution is -2.44. The first kappa shape index (κ1) is 21.4. The molecule has 2 heterocycles. The van der Waals surface area contributed by atoms with Crippen LogP contribution in [-0.2, 0) is 11.8 Å². The zero-order chi connectivity index (χ0) is 22.5. The van der Waals surface area contributed by atoms with Gasteiger partial charge in [0, 0.05) is 12.1 Å². The predicted molar refractivity (Wildman–Crippen MR) is 129 cm³/mol. The van der Waals surface area contributed by atoms with Crippen molar-refractivity contribution in [3.8, 4) is 17.1 Å². The average molecular weight is 440 g/mol. The van der Waals surface area contributed by atoms with E-state index in [-0.39, 0.29) is 5.41 Å². The Bertz CT molecular complexity index is 1150. The average Bonchev–Trinajstić information content (AvgIpc) is 3.40. The van der Waals surface area contributed by atoms with E-state index in [1.807, 2.05) is 42.5 Å². The summed E-state index contributed by atoms with van der Waals surface area (Å²) in [5.74, 6) is 2.28. The minimum absolute atomic E-state index is 0.252. The summed E-state index contributed by atoms with van der Waals surface area (Å²) in [5.41, 5.74) is 3.31. The number of piperidine rings is 1. The minimum atomic E-state index is -0.252. The van der Waals surface area contributed by atoms with E-state index in [4.69, 9.17) is 14.2 Å². The molecule has 3 aromatic carbocycles. The second kappa shape index (κ2) is 9.59. The van der Waals surface area contributed by atoms with E-state index >= 15 is 0 Å². The van der Waals surface area contributed by atoms with Crippen molar-refractivity contribution >= 4 is 0 Å². The lowest BCUT2D eigenvalue weighted by Gasteiger charge is -2.39. The van der Waals surface area contributed by atoms with Gasteiger partial charge in [0.25, 0.3) is 0 Å². The van der Waals surface area contributed by atoms with Crippen LogP contribution in [0.5, 0.6) is 5.75 Å². The number of rotatable bonds is 7. The second-order valence-electron chi connectivity index (χ2n) is 8.68. The molecule has 1 aromatic heterocycles. The van der Waals surface area contributed by atoms with E-state index in [9.17, 15) is 0 Å². The van der Waals surface area contributed by atoms with Crippen molar-refractivity contribution in [2.45, 2.75) is 24.7 Å². The molecule has 1 fully saturated rings. The van der Waals surface area contributed by atoms with Crippen LogP contribution in [0.3, 0.4) is 0 Å². The van der Waals surface area contributed by atoms with Crippen LogP contribution < -0.4 is 4.74 Å². The molecule has 0 aliphatic carbocycles. The van der Waals surface area contributed by atoms with Gasteiger partial charge >= 0.3 is 0 Å². The highest BCUT2D eigenvalue weighted by Gasteiger charge is 2.42. The molecule has 1 aliphatic rings. The third-order valence-electron chi connectivity index (χ3n) is 6.78. The van der Waals surface area contributed by atoms with Crippen molar-refractivity contribution in [2.75, 3.05) is 26.7 Å². The van der Waals surface area contributed by atoms with Gasteiger partial charge in [-0.15, -0.1) is 0 Å². The maximum atomic E-state index is 5.91. The molecular formula is C28H29N3O2. The molecule has 0 radical (unpaired) electrons. The van der Waals surface area contributed by atoms with Crippen molar-refractivity contribution in [3.63, 3.8) is 0 Å².